The minimum absolute atomic E-state index is 0.0332. The first-order valence-electron chi connectivity index (χ1n) is 21.2. The van der Waals surface area contributed by atoms with Crippen LogP contribution in [0.25, 0.3) is 22.8 Å². The number of phenols is 2. The van der Waals surface area contributed by atoms with Gasteiger partial charge in [-0.1, -0.05) is 111 Å². The van der Waals surface area contributed by atoms with Crippen LogP contribution in [-0.2, 0) is 18.0 Å². The number of ketones is 1. The summed E-state index contributed by atoms with van der Waals surface area (Å²) in [5, 5.41) is 56.3. The summed E-state index contributed by atoms with van der Waals surface area (Å²) in [5.41, 5.74) is 8.03. The lowest BCUT2D eigenvalue weighted by atomic mass is 9.84. The van der Waals surface area contributed by atoms with Crippen LogP contribution in [-0.4, -0.2) is 56.6 Å². The van der Waals surface area contributed by atoms with Crippen LogP contribution in [0.5, 0.6) is 23.0 Å². The number of aliphatic hydroxyl groups is 2. The van der Waals surface area contributed by atoms with E-state index in [1.165, 1.54) is 0 Å². The van der Waals surface area contributed by atoms with Crippen molar-refractivity contribution in [1.82, 2.24) is 30.4 Å². The van der Waals surface area contributed by atoms with Gasteiger partial charge in [-0.3, -0.25) is 25.2 Å². The van der Waals surface area contributed by atoms with E-state index in [0.717, 1.165) is 22.3 Å². The molecule has 4 atom stereocenters. The summed E-state index contributed by atoms with van der Waals surface area (Å²) in [6, 6.07) is 36.7. The van der Waals surface area contributed by atoms with E-state index in [0.29, 0.717) is 77.2 Å². The lowest BCUT2D eigenvalue weighted by Crippen LogP contribution is -2.17. The van der Waals surface area contributed by atoms with Gasteiger partial charge >= 0.3 is 0 Å². The number of rotatable bonds is 16. The van der Waals surface area contributed by atoms with Crippen molar-refractivity contribution >= 4 is 30.2 Å². The van der Waals surface area contributed by atoms with E-state index in [1.54, 1.807) is 52.0 Å². The first kappa shape index (κ1) is 45.4. The summed E-state index contributed by atoms with van der Waals surface area (Å²) < 4.78 is 12.9. The third kappa shape index (κ3) is 9.74. The zero-order valence-electron chi connectivity index (χ0n) is 36.5. The topological polar surface area (TPSA) is 205 Å². The normalized spacial score (nSPS) is 13.2. The highest BCUT2D eigenvalue weighted by Crippen LogP contribution is 2.41. The molecule has 6 aromatic carbocycles. The number of benzene rings is 6. The Morgan fingerprint density at radius 3 is 1.32 bits per heavy atom. The molecule has 2 aromatic heterocycles. The smallest absolute Gasteiger partial charge is 0.213 e. The molecule has 66 heavy (non-hydrogen) atoms. The molecule has 0 aliphatic heterocycles. The molecular weight excluding hydrogens is 873 g/mol. The molecule has 15 heteroatoms. The monoisotopic (exact) mass is 920 g/mol. The number of aliphatic hydroxyl groups excluding tert-OH is 2. The van der Waals surface area contributed by atoms with Gasteiger partial charge in [0, 0.05) is 45.2 Å². The highest BCUT2D eigenvalue weighted by atomic mass is 32.1. The number of nitrogens with one attached hydrogen (secondary N) is 4. The molecule has 13 nitrogen and oxygen atoms in total. The molecule has 0 saturated heterocycles. The largest absolute Gasteiger partial charge is 0.507 e. The highest BCUT2D eigenvalue weighted by molar-refractivity contribution is 7.71. The fourth-order valence-electron chi connectivity index (χ4n) is 7.92. The van der Waals surface area contributed by atoms with Crippen molar-refractivity contribution in [2.45, 2.75) is 65.0 Å². The summed E-state index contributed by atoms with van der Waals surface area (Å²) in [6.45, 7) is 7.39. The number of phenolic OH excluding ortho intramolecular Hbond substituents is 2. The van der Waals surface area contributed by atoms with E-state index >= 15 is 0 Å². The van der Waals surface area contributed by atoms with Gasteiger partial charge in [-0.2, -0.15) is 9.97 Å². The number of nitrogens with zero attached hydrogens (tertiary/aromatic N) is 2. The highest BCUT2D eigenvalue weighted by Gasteiger charge is 2.29. The summed E-state index contributed by atoms with van der Waals surface area (Å²) in [5.74, 6) is 0.478. The summed E-state index contributed by atoms with van der Waals surface area (Å²) in [6.07, 6.45) is -1.73. The van der Waals surface area contributed by atoms with Crippen molar-refractivity contribution in [2.24, 2.45) is 0 Å². The maximum Gasteiger partial charge on any atom is 0.213 e. The van der Waals surface area contributed by atoms with Crippen LogP contribution >= 0.6 is 24.4 Å². The van der Waals surface area contributed by atoms with Gasteiger partial charge in [0.2, 0.25) is 9.54 Å². The lowest BCUT2D eigenvalue weighted by molar-refractivity contribution is -0.121. The van der Waals surface area contributed by atoms with Gasteiger partial charge in [-0.05, 0) is 95.9 Å². The van der Waals surface area contributed by atoms with Gasteiger partial charge in [0.1, 0.15) is 54.2 Å². The first-order valence-corrected chi connectivity index (χ1v) is 22.1. The molecule has 8 rings (SSSR count). The van der Waals surface area contributed by atoms with Crippen molar-refractivity contribution in [1.29, 1.82) is 0 Å². The minimum Gasteiger partial charge on any atom is -0.507 e. The van der Waals surface area contributed by atoms with E-state index in [-0.39, 0.29) is 30.5 Å². The quantitative estimate of drug-likeness (QED) is 0.0428. The Bertz CT molecular complexity index is 2930. The molecule has 0 radical (unpaired) electrons. The molecule has 0 saturated carbocycles. The predicted octanol–water partition coefficient (Wildman–Crippen LogP) is 10.4. The molecule has 0 fully saturated rings. The molecule has 8 N–H and O–H groups in total. The molecule has 0 spiro atoms. The Morgan fingerprint density at radius 2 is 0.955 bits per heavy atom. The Balaban J connectivity index is 0.860. The van der Waals surface area contributed by atoms with Crippen molar-refractivity contribution in [3.8, 4) is 45.8 Å². The number of carbonyl (C=O) groups excluding carboxylic acids is 1. The Hall–Kier alpha value is -7.17. The molecule has 0 amide bonds. The average molecular weight is 921 g/mol. The Morgan fingerprint density at radius 1 is 0.561 bits per heavy atom. The van der Waals surface area contributed by atoms with Crippen molar-refractivity contribution in [3.05, 3.63) is 187 Å². The van der Waals surface area contributed by atoms with Crippen molar-refractivity contribution < 1.29 is 34.7 Å². The van der Waals surface area contributed by atoms with Crippen LogP contribution in [0.1, 0.15) is 93.5 Å². The zero-order chi connectivity index (χ0) is 46.6. The fraction of sp³-hybridized carbons (Fsp3) is 0.196. The first-order chi connectivity index (χ1) is 31.7. The number of hydrogen-bond acceptors (Lipinski definition) is 11. The molecule has 8 aromatic rings. The van der Waals surface area contributed by atoms with Crippen LogP contribution in [0.3, 0.4) is 0 Å². The molecule has 0 aliphatic rings. The van der Waals surface area contributed by atoms with Gasteiger partial charge in [0.05, 0.1) is 0 Å². The zero-order valence-corrected chi connectivity index (χ0v) is 38.1. The number of Topliss-reactive ketones (excluding diaryl/α,β-unsaturated/α-hetero) is 1. The van der Waals surface area contributed by atoms with E-state index in [4.69, 9.17) is 33.9 Å². The second kappa shape index (κ2) is 19.5. The second-order valence-corrected chi connectivity index (χ2v) is 17.0. The summed E-state index contributed by atoms with van der Waals surface area (Å²) >= 11 is 10.1. The van der Waals surface area contributed by atoms with Crippen LogP contribution in [0.15, 0.2) is 121 Å². The third-order valence-corrected chi connectivity index (χ3v) is 12.3. The number of ether oxygens (including phenoxy) is 2. The van der Waals surface area contributed by atoms with E-state index in [9.17, 15) is 25.2 Å². The van der Waals surface area contributed by atoms with Crippen LogP contribution in [0.4, 0.5) is 0 Å². The SMILES string of the molecule is Cc1c(OCc2ccc(C(O)c3cccc(-c4nc(=S)[nH][nH]4)c3)cc2)ccc(C(C)C(=O)C(C)c2ccc(OCc3ccc(C(O)c4cccc(-c5nc(=S)[nH][nH]5)c4)cc3)c(C)c2O)c1O. The van der Waals surface area contributed by atoms with Crippen molar-refractivity contribution in [3.63, 3.8) is 0 Å². The average Bonchev–Trinajstić information content (AvgIpc) is 3.99. The van der Waals surface area contributed by atoms with Gasteiger partial charge < -0.3 is 29.9 Å². The fourth-order valence-corrected chi connectivity index (χ4v) is 8.21. The van der Waals surface area contributed by atoms with Crippen LogP contribution in [0.2, 0.25) is 0 Å². The Labute approximate surface area is 390 Å². The van der Waals surface area contributed by atoms with E-state index < -0.39 is 24.0 Å². The van der Waals surface area contributed by atoms with Crippen LogP contribution in [0, 0.1) is 23.4 Å². The van der Waals surface area contributed by atoms with Crippen molar-refractivity contribution in [2.75, 3.05) is 0 Å². The number of aromatic hydroxyl groups is 2. The molecule has 336 valence electrons. The van der Waals surface area contributed by atoms with Gasteiger partial charge in [0.25, 0.3) is 0 Å². The van der Waals surface area contributed by atoms with Crippen LogP contribution < -0.4 is 9.47 Å². The standard InChI is InChI=1S/C51H48N6O7S2/c1-27(39-19-21-41(29(3)44(39)59)63-25-31-11-15-33(16-12-31)46(61)35-7-5-9-37(23-35)48-52-50(65)56-54-48)43(58)28(2)40-20-22-42(30(4)45(40)60)64-26-32-13-17-34(18-14-32)47(62)36-8-6-10-38(24-36)49-53-51(66)57-55-49/h5-24,27-28,46-47,59-62H,25-26H2,1-4H3,(H2,52,54,56,65)(H2,53,55,57,66). The second-order valence-electron chi connectivity index (χ2n) is 16.2. The molecule has 2 heterocycles. The van der Waals surface area contributed by atoms with E-state index in [2.05, 4.69) is 30.4 Å². The minimum atomic E-state index is -0.863. The van der Waals surface area contributed by atoms with Gasteiger partial charge in [-0.15, -0.1) is 0 Å². The van der Waals surface area contributed by atoms with E-state index in [1.807, 2.05) is 97.1 Å². The number of aromatic amines is 4. The maximum atomic E-state index is 13.9. The van der Waals surface area contributed by atoms with Gasteiger partial charge in [-0.25, -0.2) is 0 Å². The Kier molecular flexibility index (Phi) is 13.4. The summed E-state index contributed by atoms with van der Waals surface area (Å²) in [4.78, 5) is 22.4. The molecule has 0 aliphatic carbocycles. The number of H-pyrrole nitrogens is 4. The number of hydrogen-bond donors (Lipinski definition) is 8. The third-order valence-electron chi connectivity index (χ3n) is 11.9. The molecular formula is C51H48N6O7S2. The predicted molar refractivity (Wildman–Crippen MR) is 256 cm³/mol. The summed E-state index contributed by atoms with van der Waals surface area (Å²) in [7, 11) is 0. The lowest BCUT2D eigenvalue weighted by Gasteiger charge is -2.22. The van der Waals surface area contributed by atoms with Gasteiger partial charge in [0.15, 0.2) is 11.6 Å². The maximum absolute atomic E-state index is 13.9. The molecule has 4 unspecified atom stereocenters. The number of carbonyl (C=O) groups is 1. The number of aromatic nitrogens is 6. The molecule has 0 bridgehead atoms.